The zero-order valence-corrected chi connectivity index (χ0v) is 11.6. The molecule has 0 aromatic carbocycles. The molecule has 0 N–H and O–H groups in total. The highest BCUT2D eigenvalue weighted by atomic mass is 31.1. The number of hydrogen-bond acceptors (Lipinski definition) is 0. The van der Waals surface area contributed by atoms with Gasteiger partial charge in [0.05, 0.1) is 20.0 Å². The van der Waals surface area contributed by atoms with Crippen molar-refractivity contribution in [3.05, 3.63) is 0 Å². The Balaban J connectivity index is 3.65. The first-order chi connectivity index (χ1) is 6.59. The predicted octanol–water partition coefficient (Wildman–Crippen LogP) is 4.92. The van der Waals surface area contributed by atoms with Crippen LogP contribution in [0.2, 0.25) is 0 Å². The highest BCUT2D eigenvalue weighted by Crippen LogP contribution is 2.30. The van der Waals surface area contributed by atoms with E-state index >= 15 is 0 Å². The van der Waals surface area contributed by atoms with Crippen LogP contribution in [0.15, 0.2) is 0 Å². The van der Waals surface area contributed by atoms with E-state index in [4.69, 9.17) is 0 Å². The minimum atomic E-state index is 0.173. The van der Waals surface area contributed by atoms with Gasteiger partial charge in [-0.05, 0) is 19.3 Å². The average Bonchev–Trinajstić information content (AvgIpc) is 2.16. The predicted molar refractivity (Wildman–Crippen MR) is 72.0 cm³/mol. The summed E-state index contributed by atoms with van der Waals surface area (Å²) in [6.07, 6.45) is 6.94. The Morgan fingerprint density at radius 3 is 2.21 bits per heavy atom. The Labute approximate surface area is 91.9 Å². The van der Waals surface area contributed by atoms with Crippen LogP contribution in [-0.4, -0.2) is 18.1 Å². The van der Waals surface area contributed by atoms with E-state index in [-0.39, 0.29) is 7.55 Å². The first-order valence-corrected chi connectivity index (χ1v) is 8.07. The van der Waals surface area contributed by atoms with E-state index in [2.05, 4.69) is 40.2 Å². The van der Waals surface area contributed by atoms with Gasteiger partial charge in [-0.2, -0.15) is 0 Å². The second-order valence-corrected chi connectivity index (χ2v) is 7.19. The smallest absolute Gasteiger partial charge is 0.0654 e. The lowest BCUT2D eigenvalue weighted by atomic mass is 10.2. The molecule has 0 radical (unpaired) electrons. The summed E-state index contributed by atoms with van der Waals surface area (Å²) in [6.45, 7) is 11.8. The molecule has 0 fully saturated rings. The van der Waals surface area contributed by atoms with Crippen LogP contribution in [0.4, 0.5) is 0 Å². The van der Waals surface area contributed by atoms with Crippen molar-refractivity contribution < 1.29 is 0 Å². The van der Waals surface area contributed by atoms with Crippen molar-refractivity contribution in [1.29, 1.82) is 0 Å². The summed E-state index contributed by atoms with van der Waals surface area (Å²) in [5.41, 5.74) is 0.899. The molecule has 1 heteroatoms. The summed E-state index contributed by atoms with van der Waals surface area (Å²) in [6, 6.07) is 0. The third-order valence-electron chi connectivity index (χ3n) is 3.08. The molecule has 2 unspecified atom stereocenters. The topological polar surface area (TPSA) is 0 Å². The molecule has 0 saturated carbocycles. The lowest BCUT2D eigenvalue weighted by molar-refractivity contribution is 0.638. The van der Waals surface area contributed by atoms with Crippen LogP contribution in [0.25, 0.3) is 0 Å². The Morgan fingerprint density at radius 1 is 1.07 bits per heavy atom. The van der Waals surface area contributed by atoms with Crippen molar-refractivity contribution in [2.75, 3.05) is 6.66 Å². The molecule has 0 aliphatic rings. The van der Waals surface area contributed by atoms with Crippen LogP contribution >= 0.6 is 7.55 Å². The van der Waals surface area contributed by atoms with Crippen LogP contribution in [-0.2, 0) is 0 Å². The van der Waals surface area contributed by atoms with Crippen molar-refractivity contribution in [3.63, 3.8) is 0 Å². The van der Waals surface area contributed by atoms with Crippen LogP contribution in [0.3, 0.4) is 0 Å². The number of rotatable bonds is 7. The summed E-state index contributed by atoms with van der Waals surface area (Å²) >= 11 is 0. The molecule has 0 spiro atoms. The Bertz CT molecular complexity index is 159. The molecule has 0 aromatic rings. The fourth-order valence-electron chi connectivity index (χ4n) is 1.50. The number of hydrogen-bond donors (Lipinski definition) is 0. The summed E-state index contributed by atoms with van der Waals surface area (Å²) < 4.78 is 0. The minimum absolute atomic E-state index is 0.173. The third kappa shape index (κ3) is 6.60. The van der Waals surface area contributed by atoms with Crippen molar-refractivity contribution in [2.45, 2.75) is 65.5 Å². The molecular formula is C13H28P+. The maximum atomic E-state index is 2.59. The molecule has 0 amide bonds. The Hall–Kier alpha value is 0.170. The molecule has 0 heterocycles. The first-order valence-electron chi connectivity index (χ1n) is 6.14. The van der Waals surface area contributed by atoms with Crippen LogP contribution < -0.4 is 0 Å². The first kappa shape index (κ1) is 14.2. The van der Waals surface area contributed by atoms with Gasteiger partial charge in [0.15, 0.2) is 0 Å². The highest BCUT2D eigenvalue weighted by molar-refractivity contribution is 7.57. The molecule has 0 aliphatic heterocycles. The van der Waals surface area contributed by atoms with E-state index in [9.17, 15) is 0 Å². The van der Waals surface area contributed by atoms with Gasteiger partial charge in [-0.3, -0.25) is 0 Å². The summed E-state index contributed by atoms with van der Waals surface area (Å²) in [5, 5.41) is 0. The second-order valence-electron chi connectivity index (χ2n) is 4.68. The van der Waals surface area contributed by atoms with E-state index in [1.807, 2.05) is 0 Å². The molecule has 2 atom stereocenters. The average molecular weight is 215 g/mol. The van der Waals surface area contributed by atoms with E-state index in [0.29, 0.717) is 0 Å². The van der Waals surface area contributed by atoms with Gasteiger partial charge in [-0.15, -0.1) is 0 Å². The van der Waals surface area contributed by atoms with Crippen molar-refractivity contribution in [3.8, 4) is 0 Å². The quantitative estimate of drug-likeness (QED) is 0.418. The molecule has 0 rings (SSSR count). The van der Waals surface area contributed by atoms with Gasteiger partial charge in [0, 0.05) is 6.42 Å². The Morgan fingerprint density at radius 2 is 1.71 bits per heavy atom. The van der Waals surface area contributed by atoms with Crippen molar-refractivity contribution >= 4 is 13.3 Å². The van der Waals surface area contributed by atoms with Crippen LogP contribution in [0, 0.1) is 5.92 Å². The molecular weight excluding hydrogens is 187 g/mol. The zero-order chi connectivity index (χ0) is 11.0. The van der Waals surface area contributed by atoms with Gasteiger partial charge < -0.3 is 0 Å². The maximum absolute atomic E-state index is 2.59. The van der Waals surface area contributed by atoms with Crippen molar-refractivity contribution in [2.24, 2.45) is 5.92 Å². The lowest BCUT2D eigenvalue weighted by Crippen LogP contribution is -2.05. The molecule has 0 bridgehead atoms. The fraction of sp³-hybridized carbons (Fsp3) is 0.923. The van der Waals surface area contributed by atoms with Gasteiger partial charge in [0.25, 0.3) is 0 Å². The monoisotopic (exact) mass is 215 g/mol. The largest absolute Gasteiger partial charge is 0.115 e. The summed E-state index contributed by atoms with van der Waals surface area (Å²) in [5.74, 6) is 3.44. The van der Waals surface area contributed by atoms with E-state index in [0.717, 1.165) is 11.6 Å². The summed E-state index contributed by atoms with van der Waals surface area (Å²) in [7, 11) is 0.173. The molecule has 0 saturated heterocycles. The van der Waals surface area contributed by atoms with Crippen molar-refractivity contribution in [1.82, 2.24) is 0 Å². The van der Waals surface area contributed by atoms with Gasteiger partial charge in [-0.1, -0.05) is 40.0 Å². The summed E-state index contributed by atoms with van der Waals surface area (Å²) in [4.78, 5) is 0. The number of unbranched alkanes of at least 4 members (excludes halogenated alkanes) is 4. The SMILES string of the molecule is CCCCCCC=[P+](C)C(C)C(C)C. The molecule has 0 aromatic heterocycles. The van der Waals surface area contributed by atoms with E-state index < -0.39 is 0 Å². The highest BCUT2D eigenvalue weighted by Gasteiger charge is 2.17. The van der Waals surface area contributed by atoms with E-state index in [1.54, 1.807) is 0 Å². The van der Waals surface area contributed by atoms with Gasteiger partial charge in [0.1, 0.15) is 5.66 Å². The molecule has 0 aliphatic carbocycles. The van der Waals surface area contributed by atoms with E-state index in [1.165, 1.54) is 32.1 Å². The van der Waals surface area contributed by atoms with Gasteiger partial charge >= 0.3 is 0 Å². The zero-order valence-electron chi connectivity index (χ0n) is 10.7. The standard InChI is InChI=1S/C13H28P/c1-6-7-8-9-10-11-14(5)13(4)12(2)3/h11-13H,6-10H2,1-5H3/q+1. The Kier molecular flexibility index (Phi) is 8.58. The normalized spacial score (nSPS) is 14.9. The van der Waals surface area contributed by atoms with Crippen LogP contribution in [0.5, 0.6) is 0 Å². The van der Waals surface area contributed by atoms with Crippen LogP contribution in [0.1, 0.15) is 59.8 Å². The molecule has 84 valence electrons. The van der Waals surface area contributed by atoms with Gasteiger partial charge in [0.2, 0.25) is 0 Å². The minimum Gasteiger partial charge on any atom is -0.0654 e. The molecule has 0 nitrogen and oxygen atoms in total. The lowest BCUT2D eigenvalue weighted by Gasteiger charge is -2.07. The third-order valence-corrected chi connectivity index (χ3v) is 5.80. The maximum Gasteiger partial charge on any atom is 0.115 e. The molecule has 14 heavy (non-hydrogen) atoms. The fourth-order valence-corrected chi connectivity index (χ4v) is 3.37. The van der Waals surface area contributed by atoms with Gasteiger partial charge in [-0.25, -0.2) is 0 Å². The second kappa shape index (κ2) is 8.48.